The van der Waals surface area contributed by atoms with Crippen molar-refractivity contribution >= 4 is 22.8 Å². The van der Waals surface area contributed by atoms with E-state index < -0.39 is 0 Å². The Hall–Kier alpha value is -1.09. The molecule has 1 saturated carbocycles. The molecule has 3 unspecified atom stereocenters. The van der Waals surface area contributed by atoms with E-state index in [1.807, 2.05) is 12.3 Å². The number of aromatic nitrogens is 3. The normalized spacial score (nSPS) is 27.1. The van der Waals surface area contributed by atoms with Crippen molar-refractivity contribution in [2.45, 2.75) is 52.0 Å². The summed E-state index contributed by atoms with van der Waals surface area (Å²) < 4.78 is 2.31. The second-order valence-electron chi connectivity index (χ2n) is 6.29. The van der Waals surface area contributed by atoms with Gasteiger partial charge in [0.05, 0.1) is 5.88 Å². The molecule has 0 saturated heterocycles. The first-order valence-corrected chi connectivity index (χ1v) is 8.03. The SMILES string of the molecule is Cc1ccnc2c1nc(CCl)n2C1CCC(C)CC1C. The molecule has 0 bridgehead atoms. The topological polar surface area (TPSA) is 30.7 Å². The largest absolute Gasteiger partial charge is 0.308 e. The van der Waals surface area contributed by atoms with Gasteiger partial charge in [-0.05, 0) is 49.7 Å². The van der Waals surface area contributed by atoms with E-state index >= 15 is 0 Å². The molecular formula is C16H22ClN3. The Balaban J connectivity index is 2.12. The summed E-state index contributed by atoms with van der Waals surface area (Å²) in [7, 11) is 0. The van der Waals surface area contributed by atoms with Crippen molar-refractivity contribution in [1.82, 2.24) is 14.5 Å². The van der Waals surface area contributed by atoms with Crippen LogP contribution >= 0.6 is 11.6 Å². The molecule has 3 rings (SSSR count). The molecule has 1 aliphatic rings. The Bertz CT molecular complexity index is 619. The van der Waals surface area contributed by atoms with E-state index in [9.17, 15) is 0 Å². The highest BCUT2D eigenvalue weighted by Gasteiger charge is 2.30. The van der Waals surface area contributed by atoms with Gasteiger partial charge in [0.2, 0.25) is 0 Å². The predicted molar refractivity (Wildman–Crippen MR) is 83.0 cm³/mol. The Morgan fingerprint density at radius 2 is 2.15 bits per heavy atom. The number of aryl methyl sites for hydroxylation is 1. The van der Waals surface area contributed by atoms with Gasteiger partial charge in [0, 0.05) is 12.2 Å². The number of rotatable bonds is 2. The van der Waals surface area contributed by atoms with Crippen LogP contribution in [0, 0.1) is 18.8 Å². The molecule has 0 spiro atoms. The lowest BCUT2D eigenvalue weighted by Gasteiger charge is -2.34. The molecular weight excluding hydrogens is 270 g/mol. The first kappa shape index (κ1) is 13.9. The minimum atomic E-state index is 0.453. The van der Waals surface area contributed by atoms with E-state index in [-0.39, 0.29) is 0 Å². The number of fused-ring (bicyclic) bond motifs is 1. The zero-order valence-electron chi connectivity index (χ0n) is 12.4. The third kappa shape index (κ3) is 2.22. The molecule has 1 fully saturated rings. The average Bonchev–Trinajstić information content (AvgIpc) is 2.79. The smallest absolute Gasteiger partial charge is 0.160 e. The van der Waals surface area contributed by atoms with Gasteiger partial charge in [-0.2, -0.15) is 0 Å². The summed E-state index contributed by atoms with van der Waals surface area (Å²) in [6, 6.07) is 2.50. The molecule has 3 nitrogen and oxygen atoms in total. The number of hydrogen-bond acceptors (Lipinski definition) is 2. The van der Waals surface area contributed by atoms with E-state index in [0.29, 0.717) is 17.8 Å². The molecule has 2 aromatic heterocycles. The van der Waals surface area contributed by atoms with Gasteiger partial charge in [0.1, 0.15) is 11.3 Å². The van der Waals surface area contributed by atoms with Crippen LogP contribution in [-0.2, 0) is 5.88 Å². The van der Waals surface area contributed by atoms with Crippen LogP contribution in [-0.4, -0.2) is 14.5 Å². The fourth-order valence-electron chi connectivity index (χ4n) is 3.63. The van der Waals surface area contributed by atoms with Gasteiger partial charge in [-0.3, -0.25) is 0 Å². The van der Waals surface area contributed by atoms with Crippen molar-refractivity contribution < 1.29 is 0 Å². The van der Waals surface area contributed by atoms with Gasteiger partial charge in [0.15, 0.2) is 5.65 Å². The zero-order valence-corrected chi connectivity index (χ0v) is 13.2. The molecule has 3 atom stereocenters. The Labute approximate surface area is 125 Å². The van der Waals surface area contributed by atoms with Crippen molar-refractivity contribution in [1.29, 1.82) is 0 Å². The summed E-state index contributed by atoms with van der Waals surface area (Å²) in [5, 5.41) is 0. The van der Waals surface area contributed by atoms with Gasteiger partial charge in [-0.15, -0.1) is 11.6 Å². The molecule has 108 valence electrons. The van der Waals surface area contributed by atoms with Crippen LogP contribution in [0.3, 0.4) is 0 Å². The van der Waals surface area contributed by atoms with Crippen LogP contribution in [0.25, 0.3) is 11.2 Å². The fraction of sp³-hybridized carbons (Fsp3) is 0.625. The highest BCUT2D eigenvalue weighted by Crippen LogP contribution is 2.39. The van der Waals surface area contributed by atoms with Crippen LogP contribution in [0.1, 0.15) is 50.5 Å². The maximum atomic E-state index is 6.14. The predicted octanol–water partition coefficient (Wildman–Crippen LogP) is 4.48. The van der Waals surface area contributed by atoms with Crippen molar-refractivity contribution in [2.24, 2.45) is 11.8 Å². The van der Waals surface area contributed by atoms with Crippen LogP contribution in [0.2, 0.25) is 0 Å². The third-order valence-electron chi connectivity index (χ3n) is 4.69. The number of alkyl halides is 1. The monoisotopic (exact) mass is 291 g/mol. The second-order valence-corrected chi connectivity index (χ2v) is 6.56. The molecule has 0 N–H and O–H groups in total. The minimum Gasteiger partial charge on any atom is -0.308 e. The Kier molecular flexibility index (Phi) is 3.72. The van der Waals surface area contributed by atoms with Gasteiger partial charge >= 0.3 is 0 Å². The van der Waals surface area contributed by atoms with Crippen molar-refractivity contribution in [3.05, 3.63) is 23.7 Å². The second kappa shape index (κ2) is 5.36. The first-order chi connectivity index (χ1) is 9.61. The summed E-state index contributed by atoms with van der Waals surface area (Å²) in [6.07, 6.45) is 5.64. The van der Waals surface area contributed by atoms with Gasteiger partial charge in [-0.1, -0.05) is 13.8 Å². The lowest BCUT2D eigenvalue weighted by molar-refractivity contribution is 0.208. The molecule has 2 aromatic rings. The third-order valence-corrected chi connectivity index (χ3v) is 4.93. The standard InChI is InChI=1S/C16H22ClN3/c1-10-4-5-13(12(3)8-10)20-14(9-17)19-15-11(2)6-7-18-16(15)20/h6-7,10,12-13H,4-5,8-9H2,1-3H3. The lowest BCUT2D eigenvalue weighted by atomic mass is 9.79. The lowest BCUT2D eigenvalue weighted by Crippen LogP contribution is -2.26. The Morgan fingerprint density at radius 1 is 1.35 bits per heavy atom. The van der Waals surface area contributed by atoms with E-state index in [0.717, 1.165) is 22.9 Å². The number of halogens is 1. The molecule has 4 heteroatoms. The maximum Gasteiger partial charge on any atom is 0.160 e. The fourth-order valence-corrected chi connectivity index (χ4v) is 3.82. The van der Waals surface area contributed by atoms with Gasteiger partial charge in [-0.25, -0.2) is 9.97 Å². The Morgan fingerprint density at radius 3 is 2.85 bits per heavy atom. The molecule has 0 aromatic carbocycles. The summed E-state index contributed by atoms with van der Waals surface area (Å²) in [5.41, 5.74) is 3.19. The number of imidazole rings is 1. The van der Waals surface area contributed by atoms with E-state index in [4.69, 9.17) is 16.6 Å². The number of hydrogen-bond donors (Lipinski definition) is 0. The molecule has 1 aliphatic carbocycles. The highest BCUT2D eigenvalue weighted by atomic mass is 35.5. The highest BCUT2D eigenvalue weighted by molar-refractivity contribution is 6.16. The van der Waals surface area contributed by atoms with Crippen molar-refractivity contribution in [3.63, 3.8) is 0 Å². The first-order valence-electron chi connectivity index (χ1n) is 7.50. The number of nitrogens with zero attached hydrogens (tertiary/aromatic N) is 3. The van der Waals surface area contributed by atoms with Crippen LogP contribution in [0.15, 0.2) is 12.3 Å². The van der Waals surface area contributed by atoms with Crippen molar-refractivity contribution in [3.8, 4) is 0 Å². The number of pyridine rings is 1. The molecule has 2 heterocycles. The van der Waals surface area contributed by atoms with E-state index in [2.05, 4.69) is 30.3 Å². The molecule has 0 radical (unpaired) electrons. The summed E-state index contributed by atoms with van der Waals surface area (Å²) in [4.78, 5) is 9.31. The van der Waals surface area contributed by atoms with Crippen LogP contribution < -0.4 is 0 Å². The molecule has 20 heavy (non-hydrogen) atoms. The van der Waals surface area contributed by atoms with Crippen LogP contribution in [0.4, 0.5) is 0 Å². The van der Waals surface area contributed by atoms with Crippen LogP contribution in [0.5, 0.6) is 0 Å². The summed E-state index contributed by atoms with van der Waals surface area (Å²) in [6.45, 7) is 6.79. The minimum absolute atomic E-state index is 0.453. The van der Waals surface area contributed by atoms with E-state index in [1.54, 1.807) is 0 Å². The quantitative estimate of drug-likeness (QED) is 0.764. The van der Waals surface area contributed by atoms with Gasteiger partial charge < -0.3 is 4.57 Å². The maximum absolute atomic E-state index is 6.14. The molecule has 0 aliphatic heterocycles. The van der Waals surface area contributed by atoms with Crippen molar-refractivity contribution in [2.75, 3.05) is 0 Å². The zero-order chi connectivity index (χ0) is 14.3. The van der Waals surface area contributed by atoms with Gasteiger partial charge in [0.25, 0.3) is 0 Å². The van der Waals surface area contributed by atoms with E-state index in [1.165, 1.54) is 24.8 Å². The summed E-state index contributed by atoms with van der Waals surface area (Å²) in [5.74, 6) is 2.90. The average molecular weight is 292 g/mol. The molecule has 0 amide bonds. The summed E-state index contributed by atoms with van der Waals surface area (Å²) >= 11 is 6.14.